The van der Waals surface area contributed by atoms with Crippen LogP contribution in [0.5, 0.6) is 0 Å². The number of nitrogens with zero attached hydrogens (tertiary/aromatic N) is 2. The van der Waals surface area contributed by atoms with Crippen LogP contribution in [0.4, 0.5) is 5.82 Å². The predicted molar refractivity (Wildman–Crippen MR) is 77.0 cm³/mol. The molecular formula is C13H20BrN3O. The molecule has 100 valence electrons. The second-order valence-electron chi connectivity index (χ2n) is 4.37. The van der Waals surface area contributed by atoms with E-state index in [4.69, 9.17) is 4.74 Å². The van der Waals surface area contributed by atoms with E-state index in [-0.39, 0.29) is 0 Å². The van der Waals surface area contributed by atoms with Crippen LogP contribution >= 0.6 is 15.9 Å². The maximum atomic E-state index is 5.50. The second kappa shape index (κ2) is 7.07. The van der Waals surface area contributed by atoms with Crippen molar-refractivity contribution < 1.29 is 4.74 Å². The summed E-state index contributed by atoms with van der Waals surface area (Å²) >= 11 is 3.49. The van der Waals surface area contributed by atoms with Gasteiger partial charge in [0.05, 0.1) is 6.61 Å². The van der Waals surface area contributed by atoms with E-state index in [0.717, 1.165) is 56.1 Å². The molecular weight excluding hydrogens is 294 g/mol. The van der Waals surface area contributed by atoms with Crippen molar-refractivity contribution in [3.8, 4) is 0 Å². The number of hydrogen-bond acceptors (Lipinski definition) is 4. The standard InChI is InChI=1S/C13H20BrN3O/c1-2-15-9-11-8-12(14)10-16-13(11)17-4-3-6-18-7-5-17/h8,10,15H,2-7,9H2,1H3. The molecule has 0 unspecified atom stereocenters. The minimum Gasteiger partial charge on any atom is -0.380 e. The zero-order valence-electron chi connectivity index (χ0n) is 10.8. The van der Waals surface area contributed by atoms with Crippen LogP contribution in [0.2, 0.25) is 0 Å². The predicted octanol–water partition coefficient (Wildman–Crippen LogP) is 2.18. The largest absolute Gasteiger partial charge is 0.380 e. The molecule has 0 spiro atoms. The van der Waals surface area contributed by atoms with Gasteiger partial charge >= 0.3 is 0 Å². The number of nitrogens with one attached hydrogen (secondary N) is 1. The van der Waals surface area contributed by atoms with E-state index in [9.17, 15) is 0 Å². The Morgan fingerprint density at radius 2 is 2.33 bits per heavy atom. The zero-order valence-corrected chi connectivity index (χ0v) is 12.4. The average Bonchev–Trinajstić information content (AvgIpc) is 2.65. The van der Waals surface area contributed by atoms with Crippen molar-refractivity contribution in [2.24, 2.45) is 0 Å². The van der Waals surface area contributed by atoms with Gasteiger partial charge in [-0.15, -0.1) is 0 Å². The first-order valence-electron chi connectivity index (χ1n) is 6.49. The number of ether oxygens (including phenoxy) is 1. The van der Waals surface area contributed by atoms with Crippen LogP contribution in [-0.2, 0) is 11.3 Å². The van der Waals surface area contributed by atoms with Crippen LogP contribution in [0.3, 0.4) is 0 Å². The molecule has 4 nitrogen and oxygen atoms in total. The Morgan fingerprint density at radius 1 is 1.44 bits per heavy atom. The highest BCUT2D eigenvalue weighted by atomic mass is 79.9. The van der Waals surface area contributed by atoms with Gasteiger partial charge in [-0.3, -0.25) is 0 Å². The lowest BCUT2D eigenvalue weighted by molar-refractivity contribution is 0.152. The molecule has 0 radical (unpaired) electrons. The summed E-state index contributed by atoms with van der Waals surface area (Å²) in [7, 11) is 0. The molecule has 5 heteroatoms. The van der Waals surface area contributed by atoms with Crippen LogP contribution in [0.25, 0.3) is 0 Å². The summed E-state index contributed by atoms with van der Waals surface area (Å²) < 4.78 is 6.53. The molecule has 0 amide bonds. The SMILES string of the molecule is CCNCc1cc(Br)cnc1N1CCCOCC1. The molecule has 0 saturated carbocycles. The Morgan fingerprint density at radius 3 is 3.17 bits per heavy atom. The molecule has 1 fully saturated rings. The fourth-order valence-electron chi connectivity index (χ4n) is 2.11. The number of anilines is 1. The molecule has 0 bridgehead atoms. The zero-order chi connectivity index (χ0) is 12.8. The Balaban J connectivity index is 2.18. The van der Waals surface area contributed by atoms with E-state index in [1.807, 2.05) is 6.20 Å². The summed E-state index contributed by atoms with van der Waals surface area (Å²) in [5.74, 6) is 1.09. The van der Waals surface area contributed by atoms with Gasteiger partial charge in [0.25, 0.3) is 0 Å². The normalized spacial score (nSPS) is 16.7. The van der Waals surface area contributed by atoms with E-state index in [1.165, 1.54) is 5.56 Å². The number of hydrogen-bond donors (Lipinski definition) is 1. The molecule has 1 aliphatic rings. The fourth-order valence-corrected chi connectivity index (χ4v) is 2.49. The first-order chi connectivity index (χ1) is 8.81. The van der Waals surface area contributed by atoms with Gasteiger partial charge in [-0.25, -0.2) is 4.98 Å². The topological polar surface area (TPSA) is 37.4 Å². The summed E-state index contributed by atoms with van der Waals surface area (Å²) in [5.41, 5.74) is 1.24. The summed E-state index contributed by atoms with van der Waals surface area (Å²) in [6.45, 7) is 7.53. The molecule has 1 N–H and O–H groups in total. The maximum absolute atomic E-state index is 5.50. The van der Waals surface area contributed by atoms with E-state index in [0.29, 0.717) is 0 Å². The van der Waals surface area contributed by atoms with Gasteiger partial charge < -0.3 is 15.0 Å². The highest BCUT2D eigenvalue weighted by Crippen LogP contribution is 2.22. The van der Waals surface area contributed by atoms with Crippen LogP contribution in [-0.4, -0.2) is 37.8 Å². The average molecular weight is 314 g/mol. The summed E-state index contributed by atoms with van der Waals surface area (Å²) in [6, 6.07) is 2.15. The summed E-state index contributed by atoms with van der Waals surface area (Å²) in [5, 5.41) is 3.37. The lowest BCUT2D eigenvalue weighted by atomic mass is 10.2. The first-order valence-corrected chi connectivity index (χ1v) is 7.28. The Kier molecular flexibility index (Phi) is 5.41. The van der Waals surface area contributed by atoms with Crippen molar-refractivity contribution in [2.75, 3.05) is 37.7 Å². The quantitative estimate of drug-likeness (QED) is 0.924. The van der Waals surface area contributed by atoms with Gasteiger partial charge in [0.1, 0.15) is 5.82 Å². The maximum Gasteiger partial charge on any atom is 0.133 e. The minimum atomic E-state index is 0.790. The van der Waals surface area contributed by atoms with Crippen LogP contribution < -0.4 is 10.2 Å². The molecule has 0 atom stereocenters. The van der Waals surface area contributed by atoms with Crippen LogP contribution in [0.1, 0.15) is 18.9 Å². The number of aromatic nitrogens is 1. The smallest absolute Gasteiger partial charge is 0.133 e. The van der Waals surface area contributed by atoms with E-state index >= 15 is 0 Å². The minimum absolute atomic E-state index is 0.790. The van der Waals surface area contributed by atoms with Gasteiger partial charge in [0, 0.05) is 42.5 Å². The van der Waals surface area contributed by atoms with Gasteiger partial charge in [-0.2, -0.15) is 0 Å². The van der Waals surface area contributed by atoms with Crippen LogP contribution in [0.15, 0.2) is 16.7 Å². The molecule has 1 aromatic rings. The van der Waals surface area contributed by atoms with Crippen molar-refractivity contribution >= 4 is 21.7 Å². The molecule has 0 aliphatic carbocycles. The van der Waals surface area contributed by atoms with E-state index in [1.54, 1.807) is 0 Å². The third-order valence-electron chi connectivity index (χ3n) is 3.00. The molecule has 1 aliphatic heterocycles. The Labute approximate surface area is 117 Å². The Hall–Kier alpha value is -0.650. The van der Waals surface area contributed by atoms with Crippen molar-refractivity contribution in [3.05, 3.63) is 22.3 Å². The summed E-state index contributed by atoms with van der Waals surface area (Å²) in [4.78, 5) is 6.91. The second-order valence-corrected chi connectivity index (χ2v) is 5.29. The highest BCUT2D eigenvalue weighted by Gasteiger charge is 2.15. The lowest BCUT2D eigenvalue weighted by Crippen LogP contribution is -2.29. The Bertz CT molecular complexity index is 378. The monoisotopic (exact) mass is 313 g/mol. The third kappa shape index (κ3) is 3.67. The molecule has 1 saturated heterocycles. The number of halogens is 1. The van der Waals surface area contributed by atoms with Gasteiger partial charge in [0.2, 0.25) is 0 Å². The van der Waals surface area contributed by atoms with Gasteiger partial charge in [0.15, 0.2) is 0 Å². The van der Waals surface area contributed by atoms with Crippen molar-refractivity contribution in [1.29, 1.82) is 0 Å². The first kappa shape index (κ1) is 13.8. The third-order valence-corrected chi connectivity index (χ3v) is 3.43. The van der Waals surface area contributed by atoms with Crippen LogP contribution in [0, 0.1) is 0 Å². The molecule has 2 heterocycles. The lowest BCUT2D eigenvalue weighted by Gasteiger charge is -2.23. The highest BCUT2D eigenvalue weighted by molar-refractivity contribution is 9.10. The summed E-state index contributed by atoms with van der Waals surface area (Å²) in [6.07, 6.45) is 2.94. The molecule has 0 aromatic carbocycles. The van der Waals surface area contributed by atoms with Gasteiger partial charge in [-0.05, 0) is 35.0 Å². The fraction of sp³-hybridized carbons (Fsp3) is 0.615. The molecule has 1 aromatic heterocycles. The van der Waals surface area contributed by atoms with Gasteiger partial charge in [-0.1, -0.05) is 6.92 Å². The molecule has 2 rings (SSSR count). The van der Waals surface area contributed by atoms with E-state index in [2.05, 4.69) is 44.1 Å². The van der Waals surface area contributed by atoms with Crippen molar-refractivity contribution in [1.82, 2.24) is 10.3 Å². The van der Waals surface area contributed by atoms with E-state index < -0.39 is 0 Å². The van der Waals surface area contributed by atoms with Crippen molar-refractivity contribution in [3.63, 3.8) is 0 Å². The molecule has 18 heavy (non-hydrogen) atoms. The number of pyridine rings is 1. The van der Waals surface area contributed by atoms with Crippen molar-refractivity contribution in [2.45, 2.75) is 19.9 Å². The number of rotatable bonds is 4.